The van der Waals surface area contributed by atoms with Gasteiger partial charge in [-0.15, -0.1) is 0 Å². The van der Waals surface area contributed by atoms with E-state index in [4.69, 9.17) is 11.6 Å². The minimum atomic E-state index is -0.444. The first-order valence-electron chi connectivity index (χ1n) is 6.54. The maximum Gasteiger partial charge on any atom is 0.224 e. The van der Waals surface area contributed by atoms with Gasteiger partial charge in [0.1, 0.15) is 5.82 Å². The molecule has 20 heavy (non-hydrogen) atoms. The zero-order valence-electron chi connectivity index (χ0n) is 12.0. The molecule has 5 heteroatoms. The van der Waals surface area contributed by atoms with Crippen LogP contribution in [-0.2, 0) is 11.2 Å². The lowest BCUT2D eigenvalue weighted by Crippen LogP contribution is -2.44. The average Bonchev–Trinajstić information content (AvgIpc) is 2.32. The lowest BCUT2D eigenvalue weighted by molar-refractivity contribution is -0.122. The van der Waals surface area contributed by atoms with E-state index in [-0.39, 0.29) is 34.4 Å². The first-order chi connectivity index (χ1) is 9.25. The molecule has 1 aromatic carbocycles. The van der Waals surface area contributed by atoms with Gasteiger partial charge in [0.05, 0.1) is 6.42 Å². The van der Waals surface area contributed by atoms with Crippen LogP contribution in [0.5, 0.6) is 0 Å². The molecule has 1 rings (SSSR count). The fraction of sp³-hybridized carbons (Fsp3) is 0.533. The maximum absolute atomic E-state index is 13.7. The quantitative estimate of drug-likeness (QED) is 0.774. The third-order valence-electron chi connectivity index (χ3n) is 3.18. The Balaban J connectivity index is 2.76. The van der Waals surface area contributed by atoms with E-state index in [1.54, 1.807) is 6.07 Å². The van der Waals surface area contributed by atoms with Gasteiger partial charge in [-0.3, -0.25) is 4.79 Å². The van der Waals surface area contributed by atoms with Crippen LogP contribution in [0.25, 0.3) is 0 Å². The fourth-order valence-corrected chi connectivity index (χ4v) is 2.63. The van der Waals surface area contributed by atoms with Crippen LogP contribution in [0, 0.1) is 11.2 Å². The number of amides is 1. The number of halogens is 3. The number of alkyl halides is 1. The monoisotopic (exact) mass is 363 g/mol. The smallest absolute Gasteiger partial charge is 0.224 e. The van der Waals surface area contributed by atoms with Gasteiger partial charge in [-0.2, -0.15) is 0 Å². The Bertz CT molecular complexity index is 453. The van der Waals surface area contributed by atoms with E-state index in [2.05, 4.69) is 42.0 Å². The largest absolute Gasteiger partial charge is 0.353 e. The Labute approximate surface area is 133 Å². The summed E-state index contributed by atoms with van der Waals surface area (Å²) in [5.74, 6) is -0.654. The molecule has 0 aliphatic rings. The Kier molecular flexibility index (Phi) is 6.46. The third kappa shape index (κ3) is 5.06. The summed E-state index contributed by atoms with van der Waals surface area (Å²) in [4.78, 5) is 12.1. The number of carbonyl (C=O) groups is 1. The molecule has 1 unspecified atom stereocenters. The van der Waals surface area contributed by atoms with Crippen molar-refractivity contribution in [3.8, 4) is 0 Å². The fourth-order valence-electron chi connectivity index (χ4n) is 1.94. The van der Waals surface area contributed by atoms with Gasteiger partial charge in [-0.25, -0.2) is 4.39 Å². The summed E-state index contributed by atoms with van der Waals surface area (Å²) < 4.78 is 13.7. The summed E-state index contributed by atoms with van der Waals surface area (Å²) in [5, 5.41) is 4.05. The molecule has 0 saturated heterocycles. The maximum atomic E-state index is 13.7. The van der Waals surface area contributed by atoms with Crippen molar-refractivity contribution < 1.29 is 9.18 Å². The Morgan fingerprint density at radius 1 is 1.45 bits per heavy atom. The van der Waals surface area contributed by atoms with Crippen LogP contribution in [0.2, 0.25) is 5.02 Å². The summed E-state index contributed by atoms with van der Waals surface area (Å²) in [6, 6.07) is 4.46. The second-order valence-electron chi connectivity index (χ2n) is 5.84. The molecule has 0 fully saturated rings. The molecular weight excluding hydrogens is 345 g/mol. The van der Waals surface area contributed by atoms with E-state index in [1.165, 1.54) is 12.1 Å². The minimum absolute atomic E-state index is 0.0277. The number of benzene rings is 1. The van der Waals surface area contributed by atoms with Crippen molar-refractivity contribution in [2.45, 2.75) is 39.7 Å². The number of rotatable bonds is 5. The molecule has 2 nitrogen and oxygen atoms in total. The minimum Gasteiger partial charge on any atom is -0.353 e. The lowest BCUT2D eigenvalue weighted by atomic mass is 9.85. The van der Waals surface area contributed by atoms with Gasteiger partial charge in [0.2, 0.25) is 5.91 Å². The summed E-state index contributed by atoms with van der Waals surface area (Å²) >= 11 is 9.32. The summed E-state index contributed by atoms with van der Waals surface area (Å²) in [6.45, 7) is 6.20. The highest BCUT2D eigenvalue weighted by Gasteiger charge is 2.26. The van der Waals surface area contributed by atoms with Gasteiger partial charge in [0.15, 0.2) is 0 Å². The third-order valence-corrected chi connectivity index (χ3v) is 3.99. The molecule has 0 spiro atoms. The van der Waals surface area contributed by atoms with Gasteiger partial charge < -0.3 is 5.32 Å². The number of carbonyl (C=O) groups excluding carboxylic acids is 1. The molecule has 0 radical (unpaired) electrons. The highest BCUT2D eigenvalue weighted by molar-refractivity contribution is 9.09. The normalized spacial score (nSPS) is 13.1. The molecular formula is C15H20BrClFNO. The molecule has 0 aliphatic heterocycles. The molecule has 0 saturated carbocycles. The van der Waals surface area contributed by atoms with Crippen molar-refractivity contribution in [1.82, 2.24) is 5.32 Å². The van der Waals surface area contributed by atoms with Gasteiger partial charge >= 0.3 is 0 Å². The van der Waals surface area contributed by atoms with Crippen LogP contribution in [0.3, 0.4) is 0 Å². The first-order valence-corrected chi connectivity index (χ1v) is 8.04. The standard InChI is InChI=1S/C15H20BrClFNO/c1-15(2,3)13(7-8-16)19-14(20)9-10-11(17)5-4-6-12(10)18/h4-6,13H,7-9H2,1-3H3,(H,19,20). The molecule has 1 atom stereocenters. The van der Waals surface area contributed by atoms with E-state index < -0.39 is 5.82 Å². The van der Waals surface area contributed by atoms with E-state index in [9.17, 15) is 9.18 Å². The van der Waals surface area contributed by atoms with Gasteiger partial charge in [-0.1, -0.05) is 54.4 Å². The molecule has 1 N–H and O–H groups in total. The SMILES string of the molecule is CC(C)(C)C(CCBr)NC(=O)Cc1c(F)cccc1Cl. The zero-order valence-corrected chi connectivity index (χ0v) is 14.3. The van der Waals surface area contributed by atoms with Crippen molar-refractivity contribution in [1.29, 1.82) is 0 Å². The zero-order chi connectivity index (χ0) is 15.3. The van der Waals surface area contributed by atoms with Crippen LogP contribution < -0.4 is 5.32 Å². The second-order valence-corrected chi connectivity index (χ2v) is 7.04. The Morgan fingerprint density at radius 3 is 2.60 bits per heavy atom. The van der Waals surface area contributed by atoms with Gasteiger partial charge in [0.25, 0.3) is 0 Å². The van der Waals surface area contributed by atoms with Crippen molar-refractivity contribution in [2.24, 2.45) is 5.41 Å². The molecule has 112 valence electrons. The number of hydrogen-bond donors (Lipinski definition) is 1. The first kappa shape index (κ1) is 17.4. The molecule has 0 heterocycles. The van der Waals surface area contributed by atoms with E-state index >= 15 is 0 Å². The second kappa shape index (κ2) is 7.41. The highest BCUT2D eigenvalue weighted by Crippen LogP contribution is 2.23. The van der Waals surface area contributed by atoms with Crippen molar-refractivity contribution in [3.63, 3.8) is 0 Å². The molecule has 1 amide bonds. The molecule has 0 aromatic heterocycles. The van der Waals surface area contributed by atoms with Crippen LogP contribution >= 0.6 is 27.5 Å². The van der Waals surface area contributed by atoms with Crippen molar-refractivity contribution in [3.05, 3.63) is 34.6 Å². The lowest BCUT2D eigenvalue weighted by Gasteiger charge is -2.31. The van der Waals surface area contributed by atoms with Crippen molar-refractivity contribution >= 4 is 33.4 Å². The average molecular weight is 365 g/mol. The highest BCUT2D eigenvalue weighted by atomic mass is 79.9. The van der Waals surface area contributed by atoms with E-state index in [0.717, 1.165) is 11.8 Å². The number of hydrogen-bond acceptors (Lipinski definition) is 1. The molecule has 0 bridgehead atoms. The van der Waals surface area contributed by atoms with Gasteiger partial charge in [0, 0.05) is 22.0 Å². The Morgan fingerprint density at radius 2 is 2.10 bits per heavy atom. The number of nitrogens with one attached hydrogen (secondary N) is 1. The van der Waals surface area contributed by atoms with E-state index in [1.807, 2.05) is 0 Å². The predicted molar refractivity (Wildman–Crippen MR) is 84.9 cm³/mol. The van der Waals surface area contributed by atoms with Crippen LogP contribution in [0.4, 0.5) is 4.39 Å². The summed E-state index contributed by atoms with van der Waals surface area (Å²) in [7, 11) is 0. The summed E-state index contributed by atoms with van der Waals surface area (Å²) in [6.07, 6.45) is 0.778. The molecule has 0 aliphatic carbocycles. The van der Waals surface area contributed by atoms with Crippen LogP contribution in [0.15, 0.2) is 18.2 Å². The van der Waals surface area contributed by atoms with Crippen LogP contribution in [-0.4, -0.2) is 17.3 Å². The predicted octanol–water partition coefficient (Wildman–Crippen LogP) is 4.34. The van der Waals surface area contributed by atoms with E-state index in [0.29, 0.717) is 0 Å². The summed E-state index contributed by atoms with van der Waals surface area (Å²) in [5.41, 5.74) is 0.195. The van der Waals surface area contributed by atoms with Crippen molar-refractivity contribution in [2.75, 3.05) is 5.33 Å². The Hall–Kier alpha value is -0.610. The molecule has 1 aromatic rings. The van der Waals surface area contributed by atoms with Gasteiger partial charge in [-0.05, 0) is 24.0 Å². The van der Waals surface area contributed by atoms with Crippen LogP contribution in [0.1, 0.15) is 32.8 Å². The topological polar surface area (TPSA) is 29.1 Å².